The summed E-state index contributed by atoms with van der Waals surface area (Å²) < 4.78 is 27.4. The van der Waals surface area contributed by atoms with Crippen molar-refractivity contribution in [1.82, 2.24) is 15.1 Å². The zero-order valence-electron chi connectivity index (χ0n) is 16.4. The number of amides is 1. The van der Waals surface area contributed by atoms with Gasteiger partial charge in [-0.3, -0.25) is 9.89 Å². The molecule has 0 saturated carbocycles. The second-order valence-electron chi connectivity index (χ2n) is 7.93. The summed E-state index contributed by atoms with van der Waals surface area (Å²) in [6.45, 7) is 0.650. The molecule has 1 amide bonds. The molecule has 2 N–H and O–H groups in total. The number of benzene rings is 2. The van der Waals surface area contributed by atoms with Crippen molar-refractivity contribution in [2.75, 3.05) is 19.7 Å². The molecule has 0 bridgehead atoms. The van der Waals surface area contributed by atoms with E-state index in [1.165, 1.54) is 12.1 Å². The molecule has 0 unspecified atom stereocenters. The summed E-state index contributed by atoms with van der Waals surface area (Å²) in [5, 5.41) is 17.2. The van der Waals surface area contributed by atoms with Gasteiger partial charge < -0.3 is 10.0 Å². The SMILES string of the molecule is O=C(c1cc(-c2ccccc2)n[nH]1)N1CCC[C@@](CO)(Cc2ccc(F)cc2F)C1. The van der Waals surface area contributed by atoms with Gasteiger partial charge in [0.2, 0.25) is 0 Å². The molecule has 2 aromatic carbocycles. The Morgan fingerprint density at radius 1 is 1.17 bits per heavy atom. The van der Waals surface area contributed by atoms with E-state index in [9.17, 15) is 18.7 Å². The Kier molecular flexibility index (Phi) is 5.63. The third-order valence-electron chi connectivity index (χ3n) is 5.74. The number of H-pyrrole nitrogens is 1. The van der Waals surface area contributed by atoms with Crippen molar-refractivity contribution in [3.8, 4) is 11.3 Å². The van der Waals surface area contributed by atoms with Gasteiger partial charge in [-0.25, -0.2) is 8.78 Å². The molecule has 3 aromatic rings. The predicted octanol–water partition coefficient (Wildman–Crippen LogP) is 3.81. The van der Waals surface area contributed by atoms with Crippen molar-refractivity contribution < 1.29 is 18.7 Å². The molecule has 1 aromatic heterocycles. The number of piperidine rings is 1. The summed E-state index contributed by atoms with van der Waals surface area (Å²) >= 11 is 0. The molecular weight excluding hydrogens is 388 g/mol. The molecule has 5 nitrogen and oxygen atoms in total. The van der Waals surface area contributed by atoms with E-state index in [1.54, 1.807) is 11.0 Å². The molecule has 2 heterocycles. The fourth-order valence-electron chi connectivity index (χ4n) is 4.14. The summed E-state index contributed by atoms with van der Waals surface area (Å²) in [6, 6.07) is 14.7. The van der Waals surface area contributed by atoms with Crippen LogP contribution in [0.2, 0.25) is 0 Å². The molecule has 0 spiro atoms. The largest absolute Gasteiger partial charge is 0.396 e. The number of aliphatic hydroxyl groups is 1. The first kappa shape index (κ1) is 20.2. The first-order chi connectivity index (χ1) is 14.5. The molecule has 1 atom stereocenters. The van der Waals surface area contributed by atoms with Crippen LogP contribution >= 0.6 is 0 Å². The third-order valence-corrected chi connectivity index (χ3v) is 5.74. The number of nitrogens with zero attached hydrogens (tertiary/aromatic N) is 2. The Bertz CT molecular complexity index is 1040. The molecule has 1 saturated heterocycles. The first-order valence-electron chi connectivity index (χ1n) is 9.95. The second-order valence-corrected chi connectivity index (χ2v) is 7.93. The number of halogens is 2. The van der Waals surface area contributed by atoms with E-state index < -0.39 is 17.0 Å². The predicted molar refractivity (Wildman–Crippen MR) is 109 cm³/mol. The minimum Gasteiger partial charge on any atom is -0.396 e. The summed E-state index contributed by atoms with van der Waals surface area (Å²) in [4.78, 5) is 14.7. The van der Waals surface area contributed by atoms with Crippen molar-refractivity contribution in [2.24, 2.45) is 5.41 Å². The lowest BCUT2D eigenvalue weighted by Crippen LogP contribution is -2.49. The van der Waals surface area contributed by atoms with Crippen molar-refractivity contribution in [3.63, 3.8) is 0 Å². The van der Waals surface area contributed by atoms with Crippen LogP contribution in [0, 0.1) is 17.0 Å². The highest BCUT2D eigenvalue weighted by Gasteiger charge is 2.38. The van der Waals surface area contributed by atoms with Gasteiger partial charge in [0.15, 0.2) is 0 Å². The van der Waals surface area contributed by atoms with Crippen molar-refractivity contribution in [1.29, 1.82) is 0 Å². The molecule has 0 aliphatic carbocycles. The van der Waals surface area contributed by atoms with Crippen molar-refractivity contribution in [3.05, 3.63) is 77.5 Å². The number of aromatic amines is 1. The molecule has 1 aliphatic heterocycles. The molecular formula is C23H23F2N3O2. The number of carbonyl (C=O) groups is 1. The Morgan fingerprint density at radius 3 is 2.70 bits per heavy atom. The zero-order chi connectivity index (χ0) is 21.1. The monoisotopic (exact) mass is 411 g/mol. The Hall–Kier alpha value is -3.06. The maximum Gasteiger partial charge on any atom is 0.271 e. The Morgan fingerprint density at radius 2 is 1.97 bits per heavy atom. The smallest absolute Gasteiger partial charge is 0.271 e. The summed E-state index contributed by atoms with van der Waals surface area (Å²) in [7, 11) is 0. The minimum atomic E-state index is -0.672. The van der Waals surface area contributed by atoms with Crippen LogP contribution in [0.5, 0.6) is 0 Å². The molecule has 7 heteroatoms. The van der Waals surface area contributed by atoms with Gasteiger partial charge >= 0.3 is 0 Å². The highest BCUT2D eigenvalue weighted by molar-refractivity contribution is 5.93. The van der Waals surface area contributed by atoms with Crippen LogP contribution in [0.25, 0.3) is 11.3 Å². The number of rotatable bonds is 5. The van der Waals surface area contributed by atoms with Gasteiger partial charge in [-0.2, -0.15) is 5.10 Å². The van der Waals surface area contributed by atoms with Crippen LogP contribution in [0.1, 0.15) is 28.9 Å². The van der Waals surface area contributed by atoms with E-state index in [-0.39, 0.29) is 18.9 Å². The maximum absolute atomic E-state index is 14.2. The van der Waals surface area contributed by atoms with Gasteiger partial charge in [0.05, 0.1) is 12.3 Å². The average Bonchev–Trinajstić information content (AvgIpc) is 3.26. The van der Waals surface area contributed by atoms with Crippen LogP contribution in [0.15, 0.2) is 54.6 Å². The number of carbonyl (C=O) groups excluding carboxylic acids is 1. The maximum atomic E-state index is 14.2. The number of likely N-dealkylation sites (tertiary alicyclic amines) is 1. The molecule has 0 radical (unpaired) electrons. The van der Waals surface area contributed by atoms with Crippen molar-refractivity contribution in [2.45, 2.75) is 19.3 Å². The molecule has 4 rings (SSSR count). The number of nitrogens with one attached hydrogen (secondary N) is 1. The van der Waals surface area contributed by atoms with Gasteiger partial charge in [-0.1, -0.05) is 36.4 Å². The second kappa shape index (κ2) is 8.36. The van der Waals surface area contributed by atoms with Crippen LogP contribution in [0.3, 0.4) is 0 Å². The number of hydrogen-bond acceptors (Lipinski definition) is 3. The topological polar surface area (TPSA) is 69.2 Å². The standard InChI is InChI=1S/C23H23F2N3O2/c24-18-8-7-17(19(25)11-18)13-23(15-29)9-4-10-28(14-23)22(30)21-12-20(26-27-21)16-5-2-1-3-6-16/h1-3,5-8,11-12,29H,4,9-10,13-15H2,(H,26,27)/t23-/m1/s1. The zero-order valence-corrected chi connectivity index (χ0v) is 16.4. The van der Waals surface area contributed by atoms with E-state index >= 15 is 0 Å². The number of hydrogen-bond donors (Lipinski definition) is 2. The summed E-state index contributed by atoms with van der Waals surface area (Å²) in [5.74, 6) is -1.47. The van der Waals surface area contributed by atoms with Gasteiger partial charge in [0.1, 0.15) is 17.3 Å². The van der Waals surface area contributed by atoms with E-state index in [0.717, 1.165) is 11.6 Å². The molecule has 156 valence electrons. The van der Waals surface area contributed by atoms with Gasteiger partial charge in [-0.15, -0.1) is 0 Å². The van der Waals surface area contributed by atoms with Gasteiger partial charge in [-0.05, 0) is 37.0 Å². The molecule has 1 aliphatic rings. The van der Waals surface area contributed by atoms with Crippen LogP contribution in [-0.4, -0.2) is 45.8 Å². The summed E-state index contributed by atoms with van der Waals surface area (Å²) in [6.07, 6.45) is 1.58. The van der Waals surface area contributed by atoms with Crippen LogP contribution in [-0.2, 0) is 6.42 Å². The average molecular weight is 411 g/mol. The summed E-state index contributed by atoms with van der Waals surface area (Å²) in [5.41, 5.74) is 1.62. The van der Waals surface area contributed by atoms with Gasteiger partial charge in [0.25, 0.3) is 5.91 Å². The third kappa shape index (κ3) is 4.11. The highest BCUT2D eigenvalue weighted by Crippen LogP contribution is 2.35. The highest BCUT2D eigenvalue weighted by atomic mass is 19.1. The quantitative estimate of drug-likeness (QED) is 0.671. The number of aromatic nitrogens is 2. The Balaban J connectivity index is 1.52. The van der Waals surface area contributed by atoms with Crippen molar-refractivity contribution >= 4 is 5.91 Å². The van der Waals surface area contributed by atoms with Gasteiger partial charge in [0, 0.05) is 30.1 Å². The lowest BCUT2D eigenvalue weighted by Gasteiger charge is -2.42. The van der Waals surface area contributed by atoms with E-state index in [0.29, 0.717) is 42.9 Å². The number of aliphatic hydroxyl groups excluding tert-OH is 1. The fraction of sp³-hybridized carbons (Fsp3) is 0.304. The van der Waals surface area contributed by atoms with Crippen LogP contribution < -0.4 is 0 Å². The van der Waals surface area contributed by atoms with E-state index in [4.69, 9.17) is 0 Å². The van der Waals surface area contributed by atoms with Crippen LogP contribution in [0.4, 0.5) is 8.78 Å². The molecule has 1 fully saturated rings. The fourth-order valence-corrected chi connectivity index (χ4v) is 4.14. The lowest BCUT2D eigenvalue weighted by molar-refractivity contribution is 0.0264. The normalized spacial score (nSPS) is 19.1. The lowest BCUT2D eigenvalue weighted by atomic mass is 9.75. The Labute approximate surface area is 173 Å². The van der Waals surface area contributed by atoms with E-state index in [2.05, 4.69) is 10.2 Å². The van der Waals surface area contributed by atoms with E-state index in [1.807, 2.05) is 30.3 Å². The minimum absolute atomic E-state index is 0.189. The molecule has 30 heavy (non-hydrogen) atoms. The first-order valence-corrected chi connectivity index (χ1v) is 9.95.